The number of Topliss-reactive ketones (excluding diaryl/α,β-unsaturated/α-hetero) is 2. The SMILES string of the molecule is CC(=O)C(=O)N/C(=C(/OOCC[Si](C)(C)C)C(C)=O)c1ccccc1. The average molecular weight is 363 g/mol. The highest BCUT2D eigenvalue weighted by atomic mass is 28.3. The molecule has 6 nitrogen and oxygen atoms in total. The number of hydrogen-bond acceptors (Lipinski definition) is 5. The van der Waals surface area contributed by atoms with Crippen molar-refractivity contribution in [2.24, 2.45) is 0 Å². The van der Waals surface area contributed by atoms with Crippen molar-refractivity contribution in [3.8, 4) is 0 Å². The third-order valence-corrected chi connectivity index (χ3v) is 4.95. The normalized spacial score (nSPS) is 12.2. The number of amides is 1. The Labute approximate surface area is 149 Å². The van der Waals surface area contributed by atoms with Gasteiger partial charge in [-0.1, -0.05) is 50.0 Å². The number of benzene rings is 1. The minimum absolute atomic E-state index is 0.112. The van der Waals surface area contributed by atoms with Crippen molar-refractivity contribution in [2.45, 2.75) is 39.5 Å². The molecule has 0 atom stereocenters. The van der Waals surface area contributed by atoms with Gasteiger partial charge in [0.05, 0.1) is 12.3 Å². The Kier molecular flexibility index (Phi) is 7.72. The molecular formula is C18H25NO5Si. The van der Waals surface area contributed by atoms with Gasteiger partial charge in [0.2, 0.25) is 17.3 Å². The lowest BCUT2D eigenvalue weighted by molar-refractivity contribution is -0.256. The number of rotatable bonds is 9. The van der Waals surface area contributed by atoms with Crippen LogP contribution in [0.15, 0.2) is 36.1 Å². The standard InChI is InChI=1S/C18H25NO5Si/c1-13(20)17(24-23-11-12-25(3,4)5)16(19-18(22)14(2)21)15-9-7-6-8-10-15/h6-10H,11-12H2,1-5H3,(H,19,22)/b17-16+. The van der Waals surface area contributed by atoms with Crippen LogP contribution in [0.3, 0.4) is 0 Å². The van der Waals surface area contributed by atoms with Crippen molar-refractivity contribution in [3.63, 3.8) is 0 Å². The van der Waals surface area contributed by atoms with Gasteiger partial charge in [-0.25, -0.2) is 0 Å². The summed E-state index contributed by atoms with van der Waals surface area (Å²) in [6.45, 7) is 9.38. The fourth-order valence-corrected chi connectivity index (χ4v) is 2.49. The molecule has 0 aliphatic rings. The van der Waals surface area contributed by atoms with E-state index in [-0.39, 0.29) is 11.5 Å². The molecule has 0 fully saturated rings. The van der Waals surface area contributed by atoms with Gasteiger partial charge < -0.3 is 10.2 Å². The maximum atomic E-state index is 12.0. The summed E-state index contributed by atoms with van der Waals surface area (Å²) < 4.78 is 0. The zero-order valence-electron chi connectivity index (χ0n) is 15.3. The number of carbonyl (C=O) groups excluding carboxylic acids is 3. The molecule has 0 aliphatic heterocycles. The first-order chi connectivity index (χ1) is 11.6. The van der Waals surface area contributed by atoms with E-state index in [1.54, 1.807) is 30.3 Å². The predicted octanol–water partition coefficient (Wildman–Crippen LogP) is 2.94. The zero-order valence-corrected chi connectivity index (χ0v) is 16.3. The molecule has 0 saturated heterocycles. The quantitative estimate of drug-likeness (QED) is 0.139. The lowest BCUT2D eigenvalue weighted by Gasteiger charge is -2.17. The number of hydrogen-bond donors (Lipinski definition) is 1. The van der Waals surface area contributed by atoms with E-state index in [1.807, 2.05) is 0 Å². The molecule has 0 spiro atoms. The first-order valence-corrected chi connectivity index (χ1v) is 11.7. The summed E-state index contributed by atoms with van der Waals surface area (Å²) in [5.74, 6) is -2.06. The Morgan fingerprint density at radius 2 is 1.60 bits per heavy atom. The van der Waals surface area contributed by atoms with Gasteiger partial charge in [0.15, 0.2) is 0 Å². The number of nitrogens with one attached hydrogen (secondary N) is 1. The Hall–Kier alpha value is -2.25. The van der Waals surface area contributed by atoms with Gasteiger partial charge in [-0.2, -0.15) is 4.89 Å². The van der Waals surface area contributed by atoms with Crippen LogP contribution < -0.4 is 5.32 Å². The third kappa shape index (κ3) is 7.45. The molecule has 0 bridgehead atoms. The maximum Gasteiger partial charge on any atom is 0.291 e. The molecule has 1 N–H and O–H groups in total. The summed E-state index contributed by atoms with van der Waals surface area (Å²) in [7, 11) is -1.31. The van der Waals surface area contributed by atoms with Gasteiger partial charge >= 0.3 is 0 Å². The van der Waals surface area contributed by atoms with Gasteiger partial charge in [0.25, 0.3) is 5.91 Å². The van der Waals surface area contributed by atoms with Crippen LogP contribution in [0, 0.1) is 0 Å². The van der Waals surface area contributed by atoms with E-state index in [9.17, 15) is 14.4 Å². The highest BCUT2D eigenvalue weighted by Gasteiger charge is 2.21. The molecule has 0 saturated carbocycles. The smallest absolute Gasteiger partial charge is 0.291 e. The number of carbonyl (C=O) groups is 3. The monoisotopic (exact) mass is 363 g/mol. The van der Waals surface area contributed by atoms with Crippen LogP contribution in [0.4, 0.5) is 0 Å². The van der Waals surface area contributed by atoms with Crippen LogP contribution in [0.1, 0.15) is 19.4 Å². The molecule has 136 valence electrons. The maximum absolute atomic E-state index is 12.0. The Bertz CT molecular complexity index is 662. The van der Waals surface area contributed by atoms with Gasteiger partial charge in [0.1, 0.15) is 0 Å². The van der Waals surface area contributed by atoms with Crippen LogP contribution in [-0.4, -0.2) is 32.2 Å². The molecule has 0 aliphatic carbocycles. The van der Waals surface area contributed by atoms with Gasteiger partial charge in [-0.05, 0) is 6.04 Å². The molecule has 0 aromatic heterocycles. The fraction of sp³-hybridized carbons (Fsp3) is 0.389. The average Bonchev–Trinajstić information content (AvgIpc) is 2.52. The van der Waals surface area contributed by atoms with Gasteiger partial charge in [0, 0.05) is 27.5 Å². The molecule has 0 unspecified atom stereocenters. The Morgan fingerprint density at radius 1 is 1.00 bits per heavy atom. The topological polar surface area (TPSA) is 81.7 Å². The molecule has 1 amide bonds. The van der Waals surface area contributed by atoms with E-state index < -0.39 is 25.5 Å². The highest BCUT2D eigenvalue weighted by Crippen LogP contribution is 2.19. The minimum Gasteiger partial charge on any atom is -0.331 e. The van der Waals surface area contributed by atoms with Crippen LogP contribution in [-0.2, 0) is 24.2 Å². The Balaban J connectivity index is 3.10. The second-order valence-corrected chi connectivity index (χ2v) is 12.5. The molecular weight excluding hydrogens is 338 g/mol. The van der Waals surface area contributed by atoms with Crippen molar-refractivity contribution in [1.29, 1.82) is 0 Å². The molecule has 1 aromatic rings. The molecule has 1 rings (SSSR count). The summed E-state index contributed by atoms with van der Waals surface area (Å²) in [6.07, 6.45) is 0. The van der Waals surface area contributed by atoms with Gasteiger partial charge in [-0.15, -0.1) is 0 Å². The predicted molar refractivity (Wildman–Crippen MR) is 98.1 cm³/mol. The molecule has 0 radical (unpaired) electrons. The number of allylic oxidation sites excluding steroid dienone is 1. The summed E-state index contributed by atoms with van der Waals surface area (Å²) in [5, 5.41) is 2.45. The molecule has 25 heavy (non-hydrogen) atoms. The van der Waals surface area contributed by atoms with E-state index in [4.69, 9.17) is 9.78 Å². The van der Waals surface area contributed by atoms with E-state index in [0.717, 1.165) is 13.0 Å². The second kappa shape index (κ2) is 9.29. The van der Waals surface area contributed by atoms with Crippen molar-refractivity contribution in [2.75, 3.05) is 6.61 Å². The molecule has 1 aromatic carbocycles. The lowest BCUT2D eigenvalue weighted by atomic mass is 10.1. The summed E-state index contributed by atoms with van der Waals surface area (Å²) in [4.78, 5) is 45.5. The third-order valence-electron chi connectivity index (χ3n) is 3.25. The van der Waals surface area contributed by atoms with Crippen LogP contribution >= 0.6 is 0 Å². The minimum atomic E-state index is -1.31. The van der Waals surface area contributed by atoms with E-state index in [2.05, 4.69) is 25.0 Å². The summed E-state index contributed by atoms with van der Waals surface area (Å²) >= 11 is 0. The first-order valence-electron chi connectivity index (χ1n) is 8.04. The van der Waals surface area contributed by atoms with E-state index in [1.165, 1.54) is 6.92 Å². The van der Waals surface area contributed by atoms with Crippen molar-refractivity contribution in [3.05, 3.63) is 41.7 Å². The highest BCUT2D eigenvalue weighted by molar-refractivity contribution is 6.76. The van der Waals surface area contributed by atoms with Crippen LogP contribution in [0.2, 0.25) is 25.7 Å². The zero-order chi connectivity index (χ0) is 19.0. The summed E-state index contributed by atoms with van der Waals surface area (Å²) in [6, 6.07) is 9.55. The van der Waals surface area contributed by atoms with Crippen molar-refractivity contribution >= 4 is 31.2 Å². The van der Waals surface area contributed by atoms with Crippen molar-refractivity contribution in [1.82, 2.24) is 5.32 Å². The second-order valence-electron chi connectivity index (χ2n) is 6.85. The van der Waals surface area contributed by atoms with Crippen LogP contribution in [0.5, 0.6) is 0 Å². The fourth-order valence-electron chi connectivity index (χ4n) is 1.79. The van der Waals surface area contributed by atoms with E-state index >= 15 is 0 Å². The first kappa shape index (κ1) is 20.8. The van der Waals surface area contributed by atoms with E-state index in [0.29, 0.717) is 12.2 Å². The lowest BCUT2D eigenvalue weighted by Crippen LogP contribution is -2.30. The van der Waals surface area contributed by atoms with Gasteiger partial charge in [-0.3, -0.25) is 14.4 Å². The molecule has 7 heteroatoms. The number of ketones is 2. The summed E-state index contributed by atoms with van der Waals surface area (Å²) in [5.41, 5.74) is 0.650. The largest absolute Gasteiger partial charge is 0.331 e. The Morgan fingerprint density at radius 3 is 2.08 bits per heavy atom. The molecule has 0 heterocycles. The van der Waals surface area contributed by atoms with Crippen molar-refractivity contribution < 1.29 is 24.2 Å². The van der Waals surface area contributed by atoms with Crippen LogP contribution in [0.25, 0.3) is 5.70 Å².